The number of aromatic amines is 1. The second kappa shape index (κ2) is 7.44. The topological polar surface area (TPSA) is 64.6 Å². The minimum atomic E-state index is -2.77. The minimum Gasteiger partial charge on any atom is -0.322 e. The number of aromatic nitrogens is 2. The van der Waals surface area contributed by atoms with Gasteiger partial charge in [-0.2, -0.15) is 4.99 Å². The molecule has 0 fully saturated rings. The van der Waals surface area contributed by atoms with Crippen molar-refractivity contribution < 1.29 is 4.57 Å². The average molecular weight is 369 g/mol. The van der Waals surface area contributed by atoms with Gasteiger partial charge in [-0.3, -0.25) is 9.24 Å². The molecule has 1 N–H and O–H groups in total. The quantitative estimate of drug-likeness (QED) is 0.409. The Morgan fingerprint density at radius 1 is 1.12 bits per heavy atom. The van der Waals surface area contributed by atoms with Gasteiger partial charge >= 0.3 is 0 Å². The molecule has 0 radical (unpaired) electrons. The van der Waals surface area contributed by atoms with Crippen LogP contribution in [0.3, 0.4) is 0 Å². The Labute approximate surface area is 154 Å². The Hall–Kier alpha value is -2.43. The van der Waals surface area contributed by atoms with Crippen LogP contribution in [0.2, 0.25) is 0 Å². The molecule has 1 atom stereocenters. The van der Waals surface area contributed by atoms with Crippen LogP contribution < -0.4 is 0 Å². The third kappa shape index (κ3) is 3.87. The van der Waals surface area contributed by atoms with Gasteiger partial charge in [-0.05, 0) is 38.7 Å². The second-order valence-corrected chi connectivity index (χ2v) is 9.42. The van der Waals surface area contributed by atoms with Gasteiger partial charge < -0.3 is 4.98 Å². The SMILES string of the molecule is C/C(=N/c1nc2ccccc2[nH]1)N(Cc1ccccc1)P(C)(=O)N(C)C. The number of aliphatic imine (C=N–C) groups is 1. The number of nitrogens with one attached hydrogen (secondary N) is 1. The lowest BCUT2D eigenvalue weighted by atomic mass is 10.2. The van der Waals surface area contributed by atoms with Gasteiger partial charge in [0.25, 0.3) is 0 Å². The number of para-hydroxylation sites is 2. The van der Waals surface area contributed by atoms with E-state index in [-0.39, 0.29) is 0 Å². The number of amidine groups is 1. The van der Waals surface area contributed by atoms with Crippen molar-refractivity contribution in [2.45, 2.75) is 13.5 Å². The highest BCUT2D eigenvalue weighted by molar-refractivity contribution is 7.58. The molecule has 1 heterocycles. The van der Waals surface area contributed by atoms with Gasteiger partial charge in [0.15, 0.2) is 0 Å². The number of hydrogen-bond acceptors (Lipinski definition) is 3. The fraction of sp³-hybridized carbons (Fsp3) is 0.263. The molecule has 0 bridgehead atoms. The number of benzene rings is 2. The van der Waals surface area contributed by atoms with Crippen LogP contribution in [0.1, 0.15) is 12.5 Å². The van der Waals surface area contributed by atoms with E-state index in [1.54, 1.807) is 11.3 Å². The number of nitrogens with zero attached hydrogens (tertiary/aromatic N) is 4. The van der Waals surface area contributed by atoms with Crippen LogP contribution >= 0.6 is 7.44 Å². The molecule has 6 nitrogen and oxygen atoms in total. The summed E-state index contributed by atoms with van der Waals surface area (Å²) in [5, 5.41) is 0. The molecule has 3 rings (SSSR count). The normalized spacial score (nSPS) is 14.6. The van der Waals surface area contributed by atoms with E-state index in [9.17, 15) is 4.57 Å². The zero-order valence-corrected chi connectivity index (χ0v) is 16.4. The Bertz CT molecular complexity index is 931. The number of fused-ring (bicyclic) bond motifs is 1. The fourth-order valence-electron chi connectivity index (χ4n) is 2.69. The maximum Gasteiger partial charge on any atom is 0.237 e. The van der Waals surface area contributed by atoms with E-state index in [0.717, 1.165) is 16.6 Å². The largest absolute Gasteiger partial charge is 0.322 e. The number of imidazole rings is 1. The molecule has 1 aromatic heterocycles. The van der Waals surface area contributed by atoms with E-state index in [2.05, 4.69) is 15.0 Å². The molecule has 136 valence electrons. The molecule has 26 heavy (non-hydrogen) atoms. The summed E-state index contributed by atoms with van der Waals surface area (Å²) >= 11 is 0. The van der Waals surface area contributed by atoms with E-state index >= 15 is 0 Å². The maximum absolute atomic E-state index is 13.4. The van der Waals surface area contributed by atoms with Gasteiger partial charge in [0.05, 0.1) is 17.6 Å². The Morgan fingerprint density at radius 3 is 2.42 bits per heavy atom. The van der Waals surface area contributed by atoms with Crippen molar-refractivity contribution in [3.8, 4) is 0 Å². The van der Waals surface area contributed by atoms with E-state index in [0.29, 0.717) is 18.3 Å². The molecule has 0 aliphatic heterocycles. The molecule has 0 saturated heterocycles. The average Bonchev–Trinajstić information content (AvgIpc) is 3.02. The summed E-state index contributed by atoms with van der Waals surface area (Å²) in [7, 11) is 0.880. The molecule has 3 aromatic rings. The van der Waals surface area contributed by atoms with E-state index in [1.807, 2.05) is 80.3 Å². The Kier molecular flexibility index (Phi) is 5.25. The van der Waals surface area contributed by atoms with Crippen molar-refractivity contribution in [3.63, 3.8) is 0 Å². The molecular formula is C19H24N5OP. The standard InChI is InChI=1S/C19H24N5OP/c1-15(20-19-21-17-12-8-9-13-18(17)22-19)24(26(4,25)23(2)3)14-16-10-6-5-7-11-16/h5-13H,14H2,1-4H3,(H,21,22)/b20-15-. The van der Waals surface area contributed by atoms with Crippen molar-refractivity contribution >= 4 is 30.3 Å². The van der Waals surface area contributed by atoms with Gasteiger partial charge in [-0.15, -0.1) is 0 Å². The molecular weight excluding hydrogens is 345 g/mol. The molecule has 0 amide bonds. The van der Waals surface area contributed by atoms with Crippen LogP contribution in [0, 0.1) is 0 Å². The zero-order chi connectivity index (χ0) is 18.7. The number of hydrogen-bond donors (Lipinski definition) is 1. The van der Waals surface area contributed by atoms with Gasteiger partial charge in [0, 0.05) is 6.66 Å². The third-order valence-corrected chi connectivity index (χ3v) is 7.19. The van der Waals surface area contributed by atoms with Crippen LogP contribution in [-0.4, -0.2) is 45.9 Å². The predicted molar refractivity (Wildman–Crippen MR) is 108 cm³/mol. The summed E-state index contributed by atoms with van der Waals surface area (Å²) in [6, 6.07) is 17.8. The Balaban J connectivity index is 1.98. The highest BCUT2D eigenvalue weighted by atomic mass is 31.2. The van der Waals surface area contributed by atoms with Gasteiger partial charge in [-0.1, -0.05) is 42.5 Å². The van der Waals surface area contributed by atoms with Crippen LogP contribution in [0.4, 0.5) is 5.95 Å². The van der Waals surface area contributed by atoms with Crippen LogP contribution in [0.15, 0.2) is 59.6 Å². The van der Waals surface area contributed by atoms with Crippen LogP contribution in [0.25, 0.3) is 11.0 Å². The lowest BCUT2D eigenvalue weighted by Gasteiger charge is -2.34. The molecule has 1 unspecified atom stereocenters. The zero-order valence-electron chi connectivity index (χ0n) is 15.5. The molecule has 2 aromatic carbocycles. The monoisotopic (exact) mass is 369 g/mol. The van der Waals surface area contributed by atoms with Crippen LogP contribution in [0.5, 0.6) is 0 Å². The molecule has 0 aliphatic carbocycles. The van der Waals surface area contributed by atoms with Crippen molar-refractivity contribution in [3.05, 3.63) is 60.2 Å². The van der Waals surface area contributed by atoms with E-state index in [4.69, 9.17) is 0 Å². The first-order valence-corrected chi connectivity index (χ1v) is 10.5. The van der Waals surface area contributed by atoms with E-state index in [1.165, 1.54) is 0 Å². The summed E-state index contributed by atoms with van der Waals surface area (Å²) in [4.78, 5) is 12.3. The number of rotatable bonds is 5. The lowest BCUT2D eigenvalue weighted by Crippen LogP contribution is -2.30. The summed E-state index contributed by atoms with van der Waals surface area (Å²) in [6.45, 7) is 4.14. The van der Waals surface area contributed by atoms with Gasteiger partial charge in [0.1, 0.15) is 5.84 Å². The molecule has 0 aliphatic rings. The minimum absolute atomic E-state index is 0.514. The fourth-order valence-corrected chi connectivity index (χ4v) is 4.13. The lowest BCUT2D eigenvalue weighted by molar-refractivity contribution is 0.454. The van der Waals surface area contributed by atoms with E-state index < -0.39 is 7.44 Å². The first-order chi connectivity index (χ1) is 12.4. The first kappa shape index (κ1) is 18.4. The third-order valence-electron chi connectivity index (χ3n) is 4.38. The first-order valence-electron chi connectivity index (χ1n) is 8.45. The van der Waals surface area contributed by atoms with Gasteiger partial charge in [-0.25, -0.2) is 9.65 Å². The smallest absolute Gasteiger partial charge is 0.237 e. The molecule has 0 saturated carbocycles. The second-order valence-electron chi connectivity index (χ2n) is 6.46. The van der Waals surface area contributed by atoms with Crippen molar-refractivity contribution in [2.24, 2.45) is 4.99 Å². The molecule has 0 spiro atoms. The summed E-state index contributed by atoms with van der Waals surface area (Å²) in [6.07, 6.45) is 0. The van der Waals surface area contributed by atoms with Crippen LogP contribution in [-0.2, 0) is 11.1 Å². The summed E-state index contributed by atoms with van der Waals surface area (Å²) in [5.74, 6) is 1.17. The Morgan fingerprint density at radius 2 is 1.77 bits per heavy atom. The maximum atomic E-state index is 13.4. The highest BCUT2D eigenvalue weighted by Crippen LogP contribution is 2.48. The highest BCUT2D eigenvalue weighted by Gasteiger charge is 2.29. The van der Waals surface area contributed by atoms with Crippen molar-refractivity contribution in [1.29, 1.82) is 0 Å². The molecule has 7 heteroatoms. The summed E-state index contributed by atoms with van der Waals surface area (Å²) < 4.78 is 17.0. The van der Waals surface area contributed by atoms with Gasteiger partial charge in [0.2, 0.25) is 13.4 Å². The predicted octanol–water partition coefficient (Wildman–Crippen LogP) is 4.50. The number of H-pyrrole nitrogens is 1. The van der Waals surface area contributed by atoms with Crippen molar-refractivity contribution in [2.75, 3.05) is 20.8 Å². The van der Waals surface area contributed by atoms with Crippen molar-refractivity contribution in [1.82, 2.24) is 19.3 Å². The summed E-state index contributed by atoms with van der Waals surface area (Å²) in [5.41, 5.74) is 2.87.